The van der Waals surface area contributed by atoms with Gasteiger partial charge in [0.25, 0.3) is 0 Å². The van der Waals surface area contributed by atoms with E-state index in [1.54, 1.807) is 4.90 Å². The van der Waals surface area contributed by atoms with Gasteiger partial charge in [0.05, 0.1) is 6.54 Å². The minimum absolute atomic E-state index is 0.0228. The Hall–Kier alpha value is -2.23. The SMILES string of the molecule is C#CCN(C/C=C/c1ccccc1SCCCC)C(=O)CCCC(=O)NCCCOCCCC. The number of ether oxygens (including phenoxy) is 1. The van der Waals surface area contributed by atoms with Gasteiger partial charge in [-0.15, -0.1) is 18.2 Å². The Bertz CT molecular complexity index is 773. The fourth-order valence-corrected chi connectivity index (χ4v) is 4.28. The average molecular weight is 487 g/mol. The number of nitrogens with one attached hydrogen (secondary N) is 1. The van der Waals surface area contributed by atoms with Crippen molar-refractivity contribution in [1.29, 1.82) is 0 Å². The van der Waals surface area contributed by atoms with Gasteiger partial charge in [0.2, 0.25) is 11.8 Å². The summed E-state index contributed by atoms with van der Waals surface area (Å²) in [4.78, 5) is 27.5. The Labute approximate surface area is 211 Å². The van der Waals surface area contributed by atoms with Crippen molar-refractivity contribution in [2.45, 2.75) is 70.1 Å². The van der Waals surface area contributed by atoms with Gasteiger partial charge in [0.15, 0.2) is 0 Å². The molecular weight excluding hydrogens is 444 g/mol. The van der Waals surface area contributed by atoms with Gasteiger partial charge in [-0.3, -0.25) is 9.59 Å². The van der Waals surface area contributed by atoms with E-state index in [1.165, 1.54) is 17.7 Å². The molecule has 0 saturated heterocycles. The lowest BCUT2D eigenvalue weighted by molar-refractivity contribution is -0.130. The highest BCUT2D eigenvalue weighted by Crippen LogP contribution is 2.24. The third-order valence-electron chi connectivity index (χ3n) is 5.16. The van der Waals surface area contributed by atoms with Gasteiger partial charge in [0.1, 0.15) is 0 Å². The summed E-state index contributed by atoms with van der Waals surface area (Å²) in [5.41, 5.74) is 1.16. The van der Waals surface area contributed by atoms with Gasteiger partial charge in [-0.05, 0) is 43.1 Å². The minimum atomic E-state index is -0.0260. The number of terminal acetylenes is 1. The van der Waals surface area contributed by atoms with E-state index in [0.29, 0.717) is 39.0 Å². The van der Waals surface area contributed by atoms with Crippen LogP contribution in [0.2, 0.25) is 0 Å². The zero-order valence-corrected chi connectivity index (χ0v) is 21.8. The molecule has 0 radical (unpaired) electrons. The van der Waals surface area contributed by atoms with E-state index in [9.17, 15) is 9.59 Å². The van der Waals surface area contributed by atoms with Crippen LogP contribution in [0.5, 0.6) is 0 Å². The number of rotatable bonds is 19. The van der Waals surface area contributed by atoms with Crippen LogP contribution in [-0.4, -0.2) is 55.3 Å². The van der Waals surface area contributed by atoms with Crippen molar-refractivity contribution in [2.24, 2.45) is 0 Å². The lowest BCUT2D eigenvalue weighted by atomic mass is 10.2. The lowest BCUT2D eigenvalue weighted by Crippen LogP contribution is -2.32. The fourth-order valence-electron chi connectivity index (χ4n) is 3.14. The molecule has 0 aliphatic rings. The van der Waals surface area contributed by atoms with Crippen molar-refractivity contribution in [1.82, 2.24) is 10.2 Å². The molecule has 6 heteroatoms. The van der Waals surface area contributed by atoms with Crippen molar-refractivity contribution < 1.29 is 14.3 Å². The number of unbranched alkanes of at least 4 members (excludes halogenated alkanes) is 2. The number of hydrogen-bond acceptors (Lipinski definition) is 4. The van der Waals surface area contributed by atoms with Crippen LogP contribution in [0.3, 0.4) is 0 Å². The summed E-state index contributed by atoms with van der Waals surface area (Å²) in [6.45, 7) is 7.09. The van der Waals surface area contributed by atoms with E-state index in [1.807, 2.05) is 23.9 Å². The molecule has 0 unspecified atom stereocenters. The van der Waals surface area contributed by atoms with Crippen LogP contribution in [0.4, 0.5) is 0 Å². The average Bonchev–Trinajstić information content (AvgIpc) is 2.84. The quantitative estimate of drug-likeness (QED) is 0.158. The van der Waals surface area contributed by atoms with Crippen molar-refractivity contribution in [3.05, 3.63) is 35.9 Å². The number of carbonyl (C=O) groups is 2. The summed E-state index contributed by atoms with van der Waals surface area (Å²) in [6, 6.07) is 8.30. The van der Waals surface area contributed by atoms with Gasteiger partial charge in [-0.2, -0.15) is 0 Å². The minimum Gasteiger partial charge on any atom is -0.381 e. The number of benzene rings is 1. The number of carbonyl (C=O) groups excluding carboxylic acids is 2. The first-order valence-corrected chi connectivity index (χ1v) is 13.5. The first kappa shape index (κ1) is 29.8. The maximum atomic E-state index is 12.6. The predicted molar refractivity (Wildman–Crippen MR) is 144 cm³/mol. The van der Waals surface area contributed by atoms with Gasteiger partial charge >= 0.3 is 0 Å². The highest BCUT2D eigenvalue weighted by molar-refractivity contribution is 7.99. The highest BCUT2D eigenvalue weighted by atomic mass is 32.2. The summed E-state index contributed by atoms with van der Waals surface area (Å²) >= 11 is 1.86. The zero-order chi connectivity index (χ0) is 24.9. The smallest absolute Gasteiger partial charge is 0.223 e. The Morgan fingerprint density at radius 3 is 2.62 bits per heavy atom. The molecule has 5 nitrogen and oxygen atoms in total. The molecule has 1 aromatic carbocycles. The molecule has 0 heterocycles. The van der Waals surface area contributed by atoms with Crippen LogP contribution in [0.25, 0.3) is 6.08 Å². The second-order valence-corrected chi connectivity index (χ2v) is 9.28. The molecular formula is C28H42N2O3S. The normalized spacial score (nSPS) is 10.9. The Balaban J connectivity index is 2.38. The van der Waals surface area contributed by atoms with Crippen LogP contribution in [0.1, 0.15) is 70.8 Å². The Morgan fingerprint density at radius 1 is 1.09 bits per heavy atom. The highest BCUT2D eigenvalue weighted by Gasteiger charge is 2.12. The van der Waals surface area contributed by atoms with E-state index in [-0.39, 0.29) is 18.4 Å². The topological polar surface area (TPSA) is 58.6 Å². The first-order valence-electron chi connectivity index (χ1n) is 12.6. The predicted octanol–water partition coefficient (Wildman–Crippen LogP) is 5.55. The van der Waals surface area contributed by atoms with Crippen molar-refractivity contribution in [3.8, 4) is 12.3 Å². The standard InChI is InChI=1S/C28H42N2O3S/c1-4-7-22-33-23-13-19-29-27(31)17-11-18-28(32)30(20-6-3)21-12-15-25-14-9-10-16-26(25)34-24-8-5-2/h3,9-10,12,14-16H,4-5,7-8,11,13,17-24H2,1-2H3,(H,29,31)/b15-12+. The molecule has 1 rings (SSSR count). The Kier molecular flexibility index (Phi) is 17.7. The Morgan fingerprint density at radius 2 is 1.85 bits per heavy atom. The lowest BCUT2D eigenvalue weighted by Gasteiger charge is -2.18. The molecule has 0 atom stereocenters. The van der Waals surface area contributed by atoms with E-state index in [0.717, 1.165) is 37.2 Å². The molecule has 34 heavy (non-hydrogen) atoms. The summed E-state index contributed by atoms with van der Waals surface area (Å²) in [7, 11) is 0. The van der Waals surface area contributed by atoms with Crippen LogP contribution in [0, 0.1) is 12.3 Å². The fraction of sp³-hybridized carbons (Fsp3) is 0.571. The molecule has 0 aliphatic heterocycles. The van der Waals surface area contributed by atoms with Crippen molar-refractivity contribution >= 4 is 29.7 Å². The van der Waals surface area contributed by atoms with Crippen LogP contribution in [0.15, 0.2) is 35.2 Å². The number of amides is 2. The molecule has 2 amide bonds. The molecule has 1 N–H and O–H groups in total. The monoisotopic (exact) mass is 486 g/mol. The van der Waals surface area contributed by atoms with Crippen LogP contribution in [-0.2, 0) is 14.3 Å². The summed E-state index contributed by atoms with van der Waals surface area (Å²) in [6.07, 6.45) is 16.1. The van der Waals surface area contributed by atoms with Gasteiger partial charge in [-0.1, -0.05) is 63.0 Å². The molecule has 0 aromatic heterocycles. The second-order valence-electron chi connectivity index (χ2n) is 8.14. The summed E-state index contributed by atoms with van der Waals surface area (Å²) in [5.74, 6) is 3.62. The van der Waals surface area contributed by atoms with Gasteiger partial charge < -0.3 is 15.0 Å². The molecule has 0 saturated carbocycles. The number of nitrogens with zero attached hydrogens (tertiary/aromatic N) is 1. The molecule has 0 spiro atoms. The largest absolute Gasteiger partial charge is 0.381 e. The molecule has 1 aromatic rings. The van der Waals surface area contributed by atoms with E-state index >= 15 is 0 Å². The molecule has 0 bridgehead atoms. The third-order valence-corrected chi connectivity index (χ3v) is 6.33. The maximum Gasteiger partial charge on any atom is 0.223 e. The van der Waals surface area contributed by atoms with E-state index < -0.39 is 0 Å². The molecule has 0 aliphatic carbocycles. The molecule has 188 valence electrons. The van der Waals surface area contributed by atoms with Crippen LogP contribution >= 0.6 is 11.8 Å². The van der Waals surface area contributed by atoms with Gasteiger partial charge in [-0.25, -0.2) is 0 Å². The summed E-state index contributed by atoms with van der Waals surface area (Å²) < 4.78 is 5.48. The van der Waals surface area contributed by atoms with Crippen LogP contribution < -0.4 is 5.32 Å². The molecule has 0 fully saturated rings. The number of hydrogen-bond donors (Lipinski definition) is 1. The zero-order valence-electron chi connectivity index (χ0n) is 21.0. The maximum absolute atomic E-state index is 12.6. The van der Waals surface area contributed by atoms with E-state index in [4.69, 9.17) is 11.2 Å². The van der Waals surface area contributed by atoms with E-state index in [2.05, 4.69) is 49.4 Å². The first-order chi connectivity index (χ1) is 16.6. The van der Waals surface area contributed by atoms with Crippen molar-refractivity contribution in [3.63, 3.8) is 0 Å². The number of thioether (sulfide) groups is 1. The second kappa shape index (κ2) is 20.2. The summed E-state index contributed by atoms with van der Waals surface area (Å²) in [5, 5.41) is 2.89. The third kappa shape index (κ3) is 14.1. The van der Waals surface area contributed by atoms with Gasteiger partial charge in [0, 0.05) is 44.0 Å². The van der Waals surface area contributed by atoms with Crippen molar-refractivity contribution in [2.75, 3.05) is 38.6 Å².